The summed E-state index contributed by atoms with van der Waals surface area (Å²) in [5, 5.41) is 0.367. The van der Waals surface area contributed by atoms with E-state index in [2.05, 4.69) is 4.98 Å². The zero-order chi connectivity index (χ0) is 25.7. The molecule has 188 valence electrons. The Labute approximate surface area is 208 Å². The fraction of sp³-hybridized carbons (Fsp3) is 0.429. The second-order valence-electron chi connectivity index (χ2n) is 10.2. The number of carbonyl (C=O) groups is 2. The Morgan fingerprint density at radius 2 is 1.92 bits per heavy atom. The molecule has 0 radical (unpaired) electrons. The van der Waals surface area contributed by atoms with E-state index in [-0.39, 0.29) is 24.6 Å². The van der Waals surface area contributed by atoms with E-state index >= 15 is 0 Å². The van der Waals surface area contributed by atoms with Gasteiger partial charge in [0.25, 0.3) is 0 Å². The highest BCUT2D eigenvalue weighted by atomic mass is 16.6. The van der Waals surface area contributed by atoms with Crippen molar-refractivity contribution in [2.45, 2.75) is 65.8 Å². The van der Waals surface area contributed by atoms with E-state index in [1.807, 2.05) is 39.8 Å². The molecule has 0 amide bonds. The molecular weight excluding hydrogens is 462 g/mol. The van der Waals surface area contributed by atoms with Gasteiger partial charge in [-0.3, -0.25) is 14.6 Å². The predicted octanol–water partition coefficient (Wildman–Crippen LogP) is 4.49. The lowest BCUT2D eigenvalue weighted by molar-refractivity contribution is -0.184. The predicted molar refractivity (Wildman–Crippen MR) is 130 cm³/mol. The van der Waals surface area contributed by atoms with Crippen molar-refractivity contribution in [3.63, 3.8) is 0 Å². The number of pyridine rings is 1. The van der Waals surface area contributed by atoms with Crippen LogP contribution in [0.25, 0.3) is 11.0 Å². The fourth-order valence-corrected chi connectivity index (χ4v) is 5.35. The van der Waals surface area contributed by atoms with E-state index in [0.717, 1.165) is 5.56 Å². The van der Waals surface area contributed by atoms with Crippen molar-refractivity contribution in [2.24, 2.45) is 10.8 Å². The molecule has 8 nitrogen and oxygen atoms in total. The Kier molecular flexibility index (Phi) is 5.65. The molecule has 2 atom stereocenters. The van der Waals surface area contributed by atoms with Gasteiger partial charge in [-0.05, 0) is 38.0 Å². The number of aryl methyl sites for hydroxylation is 1. The summed E-state index contributed by atoms with van der Waals surface area (Å²) < 4.78 is 23.6. The SMILES string of the molecule is CCc1cc(=O)c2ccc(OCc3cccnc3)c(COC(=O)[C@@]34CC[C@@](C)(C(=O)O3)C4(C)C)c2o1. The van der Waals surface area contributed by atoms with Gasteiger partial charge in [-0.1, -0.05) is 26.8 Å². The monoisotopic (exact) mass is 491 g/mol. The number of benzene rings is 1. The molecule has 2 aliphatic rings. The topological polar surface area (TPSA) is 105 Å². The molecule has 5 rings (SSSR count). The number of fused-ring (bicyclic) bond motifs is 3. The molecule has 3 heterocycles. The highest BCUT2D eigenvalue weighted by molar-refractivity contribution is 5.93. The van der Waals surface area contributed by atoms with Crippen LogP contribution in [0.2, 0.25) is 0 Å². The van der Waals surface area contributed by atoms with Crippen molar-refractivity contribution in [3.05, 3.63) is 69.8 Å². The van der Waals surface area contributed by atoms with Crippen LogP contribution in [0.3, 0.4) is 0 Å². The molecule has 3 aromatic rings. The Bertz CT molecular complexity index is 1410. The number of ether oxygens (including phenoxy) is 3. The van der Waals surface area contributed by atoms with Crippen LogP contribution in [-0.2, 0) is 38.7 Å². The molecule has 36 heavy (non-hydrogen) atoms. The number of hydrogen-bond acceptors (Lipinski definition) is 8. The molecule has 1 aliphatic heterocycles. The molecule has 2 bridgehead atoms. The van der Waals surface area contributed by atoms with Crippen LogP contribution >= 0.6 is 0 Å². The van der Waals surface area contributed by atoms with Crippen molar-refractivity contribution in [1.29, 1.82) is 0 Å². The zero-order valence-corrected chi connectivity index (χ0v) is 20.9. The van der Waals surface area contributed by atoms with E-state index in [1.165, 1.54) is 6.07 Å². The van der Waals surface area contributed by atoms with E-state index < -0.39 is 22.4 Å². The van der Waals surface area contributed by atoms with Gasteiger partial charge in [0.1, 0.15) is 30.3 Å². The van der Waals surface area contributed by atoms with Gasteiger partial charge in [0.2, 0.25) is 5.60 Å². The van der Waals surface area contributed by atoms with Crippen LogP contribution in [0.15, 0.2) is 51.9 Å². The van der Waals surface area contributed by atoms with E-state index in [9.17, 15) is 14.4 Å². The van der Waals surface area contributed by atoms with Gasteiger partial charge >= 0.3 is 11.9 Å². The molecule has 2 aromatic heterocycles. The quantitative estimate of drug-likeness (QED) is 0.445. The third-order valence-corrected chi connectivity index (χ3v) is 8.23. The van der Waals surface area contributed by atoms with Crippen LogP contribution in [0, 0.1) is 10.8 Å². The van der Waals surface area contributed by atoms with Crippen LogP contribution in [-0.4, -0.2) is 22.5 Å². The highest BCUT2D eigenvalue weighted by Crippen LogP contribution is 2.65. The summed E-state index contributed by atoms with van der Waals surface area (Å²) in [7, 11) is 0. The Morgan fingerprint density at radius 3 is 2.56 bits per heavy atom. The van der Waals surface area contributed by atoms with Crippen molar-refractivity contribution in [1.82, 2.24) is 4.98 Å². The van der Waals surface area contributed by atoms with Gasteiger partial charge in [-0.2, -0.15) is 0 Å². The first-order chi connectivity index (χ1) is 17.1. The number of nitrogens with zero attached hydrogens (tertiary/aromatic N) is 1. The minimum atomic E-state index is -1.35. The van der Waals surface area contributed by atoms with Crippen molar-refractivity contribution < 1.29 is 28.2 Å². The summed E-state index contributed by atoms with van der Waals surface area (Å²) in [6.45, 7) is 7.50. The van der Waals surface area contributed by atoms with Crippen molar-refractivity contribution in [2.75, 3.05) is 0 Å². The molecule has 0 N–H and O–H groups in total. The van der Waals surface area contributed by atoms with E-state index in [4.69, 9.17) is 18.6 Å². The van der Waals surface area contributed by atoms with E-state index in [1.54, 1.807) is 24.5 Å². The summed E-state index contributed by atoms with van der Waals surface area (Å²) in [5.41, 5.74) is -1.40. The normalized spacial score (nSPS) is 24.1. The summed E-state index contributed by atoms with van der Waals surface area (Å²) in [6.07, 6.45) is 4.85. The molecule has 2 fully saturated rings. The van der Waals surface area contributed by atoms with Gasteiger partial charge in [-0.25, -0.2) is 4.79 Å². The first-order valence-electron chi connectivity index (χ1n) is 12.1. The van der Waals surface area contributed by atoms with Gasteiger partial charge in [-0.15, -0.1) is 0 Å². The summed E-state index contributed by atoms with van der Waals surface area (Å²) in [5.74, 6) is -0.0429. The zero-order valence-electron chi connectivity index (χ0n) is 20.9. The number of aromatic nitrogens is 1. The number of esters is 2. The van der Waals surface area contributed by atoms with Gasteiger partial charge < -0.3 is 18.6 Å². The summed E-state index contributed by atoms with van der Waals surface area (Å²) in [6, 6.07) is 8.49. The molecule has 1 saturated heterocycles. The second kappa shape index (κ2) is 8.47. The standard InChI is InChI=1S/C28H29NO7/c1-5-18-13-21(30)19-8-9-22(33-15-17-7-6-12-29-14-17)20(23(19)35-18)16-34-25(32)28-11-10-27(4,24(31)36-28)26(28,2)3/h6-9,12-14H,5,10-11,15-16H2,1-4H3/t27-,28+/m0/s1. The fourth-order valence-electron chi connectivity index (χ4n) is 5.35. The maximum atomic E-state index is 13.5. The van der Waals surface area contributed by atoms with Gasteiger partial charge in [0.05, 0.1) is 16.4 Å². The average Bonchev–Trinajstić information content (AvgIpc) is 3.17. The minimum absolute atomic E-state index is 0.185. The Morgan fingerprint density at radius 1 is 1.11 bits per heavy atom. The van der Waals surface area contributed by atoms with Crippen LogP contribution in [0.5, 0.6) is 5.75 Å². The highest BCUT2D eigenvalue weighted by Gasteiger charge is 2.76. The minimum Gasteiger partial charge on any atom is -0.488 e. The van der Waals surface area contributed by atoms with Crippen molar-refractivity contribution >= 4 is 22.9 Å². The lowest BCUT2D eigenvalue weighted by atomic mass is 9.66. The van der Waals surface area contributed by atoms with E-state index in [0.29, 0.717) is 47.3 Å². The lowest BCUT2D eigenvalue weighted by Crippen LogP contribution is -2.48. The smallest absolute Gasteiger partial charge is 0.351 e. The molecule has 0 spiro atoms. The molecular formula is C28H29NO7. The van der Waals surface area contributed by atoms with Crippen LogP contribution in [0.4, 0.5) is 0 Å². The summed E-state index contributed by atoms with van der Waals surface area (Å²) >= 11 is 0. The van der Waals surface area contributed by atoms with Gasteiger partial charge in [0.15, 0.2) is 5.43 Å². The third kappa shape index (κ3) is 3.42. The van der Waals surface area contributed by atoms with Crippen LogP contribution in [0.1, 0.15) is 57.4 Å². The molecule has 1 aromatic carbocycles. The lowest BCUT2D eigenvalue weighted by Gasteiger charge is -2.34. The third-order valence-electron chi connectivity index (χ3n) is 8.23. The first kappa shape index (κ1) is 24.0. The maximum Gasteiger partial charge on any atom is 0.351 e. The van der Waals surface area contributed by atoms with Gasteiger partial charge in [0, 0.05) is 35.9 Å². The molecule has 0 unspecified atom stereocenters. The Hall–Kier alpha value is -3.68. The molecule has 1 aliphatic carbocycles. The number of hydrogen-bond donors (Lipinski definition) is 0. The van der Waals surface area contributed by atoms with Crippen LogP contribution < -0.4 is 10.2 Å². The molecule has 8 heteroatoms. The number of rotatable bonds is 7. The number of carbonyl (C=O) groups excluding carboxylic acids is 2. The maximum absolute atomic E-state index is 13.5. The largest absolute Gasteiger partial charge is 0.488 e. The first-order valence-corrected chi connectivity index (χ1v) is 12.1. The summed E-state index contributed by atoms with van der Waals surface area (Å²) in [4.78, 5) is 42.9. The average molecular weight is 492 g/mol. The second-order valence-corrected chi connectivity index (χ2v) is 10.2. The van der Waals surface area contributed by atoms with Crippen molar-refractivity contribution in [3.8, 4) is 5.75 Å². The Balaban J connectivity index is 1.50. The molecule has 1 saturated carbocycles.